The SMILES string of the molecule is CC/C=C\C/C=C\C/C=C\C/C=C\C/C=C\CCCCCCCCCCCCCCCCCCCCCC(=O)NC(COC1OC(CO)C(OC2OC(CO)C(O)C(O)C2O)C(O)C1O)C(O)/C=C/CCCCCCCC. The molecule has 446 valence electrons. The number of rotatable bonds is 48. The summed E-state index contributed by atoms with van der Waals surface area (Å²) in [5.74, 6) is -0.243. The summed E-state index contributed by atoms with van der Waals surface area (Å²) < 4.78 is 22.7. The van der Waals surface area contributed by atoms with Crippen LogP contribution in [-0.2, 0) is 23.7 Å². The third-order valence-electron chi connectivity index (χ3n) is 14.6. The molecule has 12 atom stereocenters. The Morgan fingerprint density at radius 1 is 0.481 bits per heavy atom. The van der Waals surface area contributed by atoms with Gasteiger partial charge in [0, 0.05) is 6.42 Å². The van der Waals surface area contributed by atoms with Crippen LogP contribution in [0.2, 0.25) is 0 Å². The molecule has 2 rings (SSSR count). The van der Waals surface area contributed by atoms with Gasteiger partial charge in [-0.05, 0) is 64.2 Å². The van der Waals surface area contributed by atoms with Crippen molar-refractivity contribution >= 4 is 5.91 Å². The van der Waals surface area contributed by atoms with Crippen LogP contribution in [-0.4, -0.2) is 140 Å². The standard InChI is InChI=1S/C63H111NO13/c1-3-5-7-9-11-13-14-15-16-17-18-19-20-21-22-23-24-25-26-27-28-29-30-31-32-33-34-35-36-37-38-39-41-43-45-47-55(68)64-51(52(67)46-44-42-40-12-10-8-6-4-2)50-74-62-60(73)58(71)61(54(49-66)76-62)77-63-59(72)57(70)56(69)53(48-65)75-63/h5,7,11,13,15-16,18-19,21-22,44,46,51-54,56-63,65-67,69-73H,3-4,6,8-10,12,14,17,20,23-43,45,47-50H2,1-2H3,(H,64,68)/b7-5-,13-11-,16-15-,19-18-,22-21-,46-44+. The van der Waals surface area contributed by atoms with Crippen LogP contribution < -0.4 is 5.32 Å². The van der Waals surface area contributed by atoms with Gasteiger partial charge in [-0.3, -0.25) is 4.79 Å². The lowest BCUT2D eigenvalue weighted by molar-refractivity contribution is -0.359. The first-order chi connectivity index (χ1) is 37.6. The number of aliphatic hydroxyl groups is 8. The number of hydrogen-bond donors (Lipinski definition) is 9. The monoisotopic (exact) mass is 1090 g/mol. The lowest BCUT2D eigenvalue weighted by Gasteiger charge is -2.46. The van der Waals surface area contributed by atoms with Crippen molar-refractivity contribution in [3.05, 3.63) is 72.9 Å². The van der Waals surface area contributed by atoms with E-state index in [0.29, 0.717) is 6.42 Å². The van der Waals surface area contributed by atoms with Gasteiger partial charge in [-0.1, -0.05) is 228 Å². The third-order valence-corrected chi connectivity index (χ3v) is 14.6. The fraction of sp³-hybridized carbons (Fsp3) is 0.794. The topological polar surface area (TPSA) is 228 Å². The fourth-order valence-electron chi connectivity index (χ4n) is 9.73. The molecule has 0 spiro atoms. The molecule has 2 fully saturated rings. The number of carbonyl (C=O) groups is 1. The molecule has 2 aliphatic rings. The van der Waals surface area contributed by atoms with Crippen molar-refractivity contribution in [3.8, 4) is 0 Å². The van der Waals surface area contributed by atoms with E-state index in [1.54, 1.807) is 6.08 Å². The highest BCUT2D eigenvalue weighted by molar-refractivity contribution is 5.76. The molecule has 12 unspecified atom stereocenters. The summed E-state index contributed by atoms with van der Waals surface area (Å²) in [4.78, 5) is 13.2. The minimum Gasteiger partial charge on any atom is -0.394 e. The summed E-state index contributed by atoms with van der Waals surface area (Å²) in [5.41, 5.74) is 0. The van der Waals surface area contributed by atoms with Crippen LogP contribution in [0.15, 0.2) is 72.9 Å². The number of allylic oxidation sites excluding steroid dienone is 11. The van der Waals surface area contributed by atoms with Gasteiger partial charge >= 0.3 is 0 Å². The van der Waals surface area contributed by atoms with E-state index in [1.807, 2.05) is 6.08 Å². The van der Waals surface area contributed by atoms with Gasteiger partial charge in [0.15, 0.2) is 12.6 Å². The molecule has 1 amide bonds. The molecule has 0 aromatic rings. The zero-order valence-electron chi connectivity index (χ0n) is 47.9. The molecule has 0 aromatic carbocycles. The highest BCUT2D eigenvalue weighted by Gasteiger charge is 2.51. The van der Waals surface area contributed by atoms with Gasteiger partial charge in [0.2, 0.25) is 5.91 Å². The van der Waals surface area contributed by atoms with E-state index in [4.69, 9.17) is 18.9 Å². The number of unbranched alkanes of at least 4 members (excludes halogenated alkanes) is 25. The Hall–Kier alpha value is -2.57. The molecule has 77 heavy (non-hydrogen) atoms. The Balaban J connectivity index is 1.56. The molecule has 0 aliphatic carbocycles. The molecule has 0 aromatic heterocycles. The predicted octanol–water partition coefficient (Wildman–Crippen LogP) is 10.7. The smallest absolute Gasteiger partial charge is 0.220 e. The second-order valence-corrected chi connectivity index (χ2v) is 21.5. The largest absolute Gasteiger partial charge is 0.394 e. The van der Waals surface area contributed by atoms with Gasteiger partial charge in [-0.2, -0.15) is 0 Å². The normalized spacial score (nSPS) is 25.2. The number of ether oxygens (including phenoxy) is 4. The van der Waals surface area contributed by atoms with E-state index < -0.39 is 86.8 Å². The summed E-state index contributed by atoms with van der Waals surface area (Å²) in [6.07, 6.45) is 47.1. The van der Waals surface area contributed by atoms with Crippen molar-refractivity contribution in [3.63, 3.8) is 0 Å². The number of amides is 1. The summed E-state index contributed by atoms with van der Waals surface area (Å²) in [7, 11) is 0. The van der Waals surface area contributed by atoms with Crippen LogP contribution in [0.25, 0.3) is 0 Å². The molecule has 2 aliphatic heterocycles. The van der Waals surface area contributed by atoms with Gasteiger partial charge in [0.25, 0.3) is 0 Å². The van der Waals surface area contributed by atoms with Gasteiger partial charge in [-0.15, -0.1) is 0 Å². The molecular formula is C63H111NO13. The van der Waals surface area contributed by atoms with Gasteiger partial charge in [0.05, 0.1) is 32.0 Å². The maximum absolute atomic E-state index is 13.2. The molecule has 0 radical (unpaired) electrons. The van der Waals surface area contributed by atoms with Gasteiger partial charge in [-0.25, -0.2) is 0 Å². The Labute approximate surface area is 466 Å². The minimum atomic E-state index is -1.79. The quantitative estimate of drug-likeness (QED) is 0.0204. The summed E-state index contributed by atoms with van der Waals surface area (Å²) >= 11 is 0. The van der Waals surface area contributed by atoms with Crippen LogP contribution in [0.3, 0.4) is 0 Å². The van der Waals surface area contributed by atoms with Crippen molar-refractivity contribution in [2.75, 3.05) is 19.8 Å². The number of carbonyl (C=O) groups excluding carboxylic acids is 1. The first-order valence-corrected chi connectivity index (χ1v) is 30.7. The first kappa shape index (κ1) is 70.5. The van der Waals surface area contributed by atoms with Crippen LogP contribution >= 0.6 is 0 Å². The average molecular weight is 1090 g/mol. The maximum atomic E-state index is 13.2. The molecule has 9 N–H and O–H groups in total. The molecule has 0 bridgehead atoms. The van der Waals surface area contributed by atoms with Crippen molar-refractivity contribution in [2.24, 2.45) is 0 Å². The predicted molar refractivity (Wildman–Crippen MR) is 309 cm³/mol. The molecule has 2 saturated heterocycles. The number of hydrogen-bond acceptors (Lipinski definition) is 13. The van der Waals surface area contributed by atoms with Crippen LogP contribution in [0.5, 0.6) is 0 Å². The lowest BCUT2D eigenvalue weighted by atomic mass is 9.97. The third kappa shape index (κ3) is 33.7. The van der Waals surface area contributed by atoms with E-state index in [9.17, 15) is 45.6 Å². The summed E-state index contributed by atoms with van der Waals surface area (Å²) in [5, 5.41) is 86.7. The van der Waals surface area contributed by atoms with Crippen LogP contribution in [0.1, 0.15) is 226 Å². The van der Waals surface area contributed by atoms with Crippen molar-refractivity contribution in [1.82, 2.24) is 5.32 Å². The van der Waals surface area contributed by atoms with E-state index in [0.717, 1.165) is 77.0 Å². The van der Waals surface area contributed by atoms with Gasteiger partial charge < -0.3 is 65.1 Å². The Morgan fingerprint density at radius 3 is 1.38 bits per heavy atom. The molecule has 2 heterocycles. The zero-order chi connectivity index (χ0) is 56.0. The Kier molecular flexibility index (Phi) is 44.1. The highest BCUT2D eigenvalue weighted by atomic mass is 16.7. The minimum absolute atomic E-state index is 0.243. The van der Waals surface area contributed by atoms with E-state index in [2.05, 4.69) is 79.9 Å². The Morgan fingerprint density at radius 2 is 0.896 bits per heavy atom. The zero-order valence-corrected chi connectivity index (χ0v) is 47.9. The van der Waals surface area contributed by atoms with Crippen LogP contribution in [0, 0.1) is 0 Å². The highest BCUT2D eigenvalue weighted by Crippen LogP contribution is 2.30. The van der Waals surface area contributed by atoms with E-state index >= 15 is 0 Å². The molecule has 0 saturated carbocycles. The second kappa shape index (κ2) is 48.2. The fourth-order valence-corrected chi connectivity index (χ4v) is 9.73. The second-order valence-electron chi connectivity index (χ2n) is 21.5. The van der Waals surface area contributed by atoms with E-state index in [1.165, 1.54) is 122 Å². The van der Waals surface area contributed by atoms with E-state index in [-0.39, 0.29) is 18.9 Å². The summed E-state index contributed by atoms with van der Waals surface area (Å²) in [6.45, 7) is 2.63. The maximum Gasteiger partial charge on any atom is 0.220 e. The van der Waals surface area contributed by atoms with Gasteiger partial charge in [0.1, 0.15) is 48.8 Å². The number of nitrogens with one attached hydrogen (secondary N) is 1. The first-order valence-electron chi connectivity index (χ1n) is 30.7. The average Bonchev–Trinajstić information content (AvgIpc) is 3.44. The number of aliphatic hydroxyl groups excluding tert-OH is 8. The van der Waals surface area contributed by atoms with Crippen molar-refractivity contribution < 1.29 is 64.6 Å². The van der Waals surface area contributed by atoms with Crippen molar-refractivity contribution in [1.29, 1.82) is 0 Å². The van der Waals surface area contributed by atoms with Crippen molar-refractivity contribution in [2.45, 2.75) is 299 Å². The Bertz CT molecular complexity index is 1570. The van der Waals surface area contributed by atoms with Crippen LogP contribution in [0.4, 0.5) is 0 Å². The molecule has 14 nitrogen and oxygen atoms in total. The summed E-state index contributed by atoms with van der Waals surface area (Å²) in [6, 6.07) is -0.913. The lowest BCUT2D eigenvalue weighted by Crippen LogP contribution is -2.65. The molecule has 14 heteroatoms. The molecular weight excluding hydrogens is 979 g/mol.